The summed E-state index contributed by atoms with van der Waals surface area (Å²) in [5, 5.41) is 4.24. The van der Waals surface area contributed by atoms with Crippen LogP contribution in [-0.2, 0) is 20.9 Å². The number of benzene rings is 1. The van der Waals surface area contributed by atoms with Crippen LogP contribution in [0.2, 0.25) is 0 Å². The number of ether oxygens (including phenoxy) is 1. The summed E-state index contributed by atoms with van der Waals surface area (Å²) in [6, 6.07) is 9.85. The van der Waals surface area contributed by atoms with Gasteiger partial charge in [0, 0.05) is 26.0 Å². The number of amides is 1. The maximum Gasteiger partial charge on any atom is 0.307 e. The molecule has 0 bridgehead atoms. The Bertz CT molecular complexity index is 809. The lowest BCUT2D eigenvalue weighted by atomic mass is 9.84. The molecule has 136 valence electrons. The molecule has 2 fully saturated rings. The second-order valence-corrected chi connectivity index (χ2v) is 7.32. The molecule has 26 heavy (non-hydrogen) atoms. The third-order valence-corrected chi connectivity index (χ3v) is 5.55. The van der Waals surface area contributed by atoms with Crippen LogP contribution >= 0.6 is 0 Å². The third kappa shape index (κ3) is 3.00. The van der Waals surface area contributed by atoms with E-state index in [-0.39, 0.29) is 24.2 Å². The van der Waals surface area contributed by atoms with Gasteiger partial charge in [0.2, 0.25) is 5.91 Å². The molecule has 2 aromatic rings. The van der Waals surface area contributed by atoms with Gasteiger partial charge in [-0.2, -0.15) is 5.10 Å². The summed E-state index contributed by atoms with van der Waals surface area (Å²) >= 11 is 0. The van der Waals surface area contributed by atoms with Crippen molar-refractivity contribution >= 4 is 11.9 Å². The van der Waals surface area contributed by atoms with Gasteiger partial charge in [-0.25, -0.2) is 4.68 Å². The zero-order valence-electron chi connectivity index (χ0n) is 14.9. The van der Waals surface area contributed by atoms with E-state index in [0.717, 1.165) is 36.9 Å². The molecule has 1 aliphatic heterocycles. The molecule has 0 unspecified atom stereocenters. The molecule has 2 aliphatic rings. The fourth-order valence-electron chi connectivity index (χ4n) is 4.27. The van der Waals surface area contributed by atoms with Crippen LogP contribution in [0.25, 0.3) is 5.69 Å². The van der Waals surface area contributed by atoms with E-state index in [4.69, 9.17) is 4.74 Å². The number of esters is 1. The average Bonchev–Trinajstić information content (AvgIpc) is 3.37. The first-order chi connectivity index (χ1) is 12.6. The molecule has 6 heteroatoms. The van der Waals surface area contributed by atoms with Crippen LogP contribution < -0.4 is 0 Å². The minimum absolute atomic E-state index is 0.00208. The van der Waals surface area contributed by atoms with Crippen molar-refractivity contribution in [3.8, 4) is 5.69 Å². The van der Waals surface area contributed by atoms with Crippen LogP contribution in [0.5, 0.6) is 0 Å². The Morgan fingerprint density at radius 1 is 1.35 bits per heavy atom. The summed E-state index contributed by atoms with van der Waals surface area (Å²) in [7, 11) is 1.80. The number of hydrogen-bond acceptors (Lipinski definition) is 4. The summed E-state index contributed by atoms with van der Waals surface area (Å²) in [6.45, 7) is 0.495. The predicted octanol–water partition coefficient (Wildman–Crippen LogP) is 2.71. The standard InChI is InChI=1S/C20H23N3O3/c1-22(14-15-6-4-7-16(12-15)23-11-5-10-21-23)19(25)17-13-18(24)26-20(17)8-2-3-9-20/h4-7,10-12,17H,2-3,8-9,13-14H2,1H3/t17-/m1/s1. The quantitative estimate of drug-likeness (QED) is 0.793. The van der Waals surface area contributed by atoms with Gasteiger partial charge in [0.25, 0.3) is 0 Å². The molecular weight excluding hydrogens is 330 g/mol. The second-order valence-electron chi connectivity index (χ2n) is 7.32. The van der Waals surface area contributed by atoms with Gasteiger partial charge in [0.05, 0.1) is 18.0 Å². The van der Waals surface area contributed by atoms with E-state index >= 15 is 0 Å². The normalized spacial score (nSPS) is 21.1. The van der Waals surface area contributed by atoms with Crippen LogP contribution in [0.4, 0.5) is 0 Å². The van der Waals surface area contributed by atoms with Gasteiger partial charge in [-0.3, -0.25) is 9.59 Å². The first-order valence-corrected chi connectivity index (χ1v) is 9.13. The van der Waals surface area contributed by atoms with Gasteiger partial charge in [0.1, 0.15) is 5.60 Å². The summed E-state index contributed by atoms with van der Waals surface area (Å²) in [5.74, 6) is -0.585. The predicted molar refractivity (Wildman–Crippen MR) is 95.4 cm³/mol. The second kappa shape index (κ2) is 6.59. The number of carbonyl (C=O) groups excluding carboxylic acids is 2. The Labute approximate surface area is 152 Å². The number of hydrogen-bond donors (Lipinski definition) is 0. The first-order valence-electron chi connectivity index (χ1n) is 9.13. The largest absolute Gasteiger partial charge is 0.458 e. The smallest absolute Gasteiger partial charge is 0.307 e. The molecular formula is C20H23N3O3. The molecule has 6 nitrogen and oxygen atoms in total. The topological polar surface area (TPSA) is 64.4 Å². The van der Waals surface area contributed by atoms with E-state index in [9.17, 15) is 9.59 Å². The summed E-state index contributed by atoms with van der Waals surface area (Å²) in [6.07, 6.45) is 7.48. The van der Waals surface area contributed by atoms with E-state index in [1.54, 1.807) is 22.8 Å². The van der Waals surface area contributed by atoms with Crippen molar-refractivity contribution in [2.75, 3.05) is 7.05 Å². The molecule has 1 amide bonds. The zero-order chi connectivity index (χ0) is 18.1. The highest BCUT2D eigenvalue weighted by atomic mass is 16.6. The van der Waals surface area contributed by atoms with Gasteiger partial charge < -0.3 is 9.64 Å². The Morgan fingerprint density at radius 2 is 2.15 bits per heavy atom. The summed E-state index contributed by atoms with van der Waals surface area (Å²) in [4.78, 5) is 26.6. The fraction of sp³-hybridized carbons (Fsp3) is 0.450. The molecule has 0 radical (unpaired) electrons. The van der Waals surface area contributed by atoms with E-state index in [2.05, 4.69) is 5.10 Å². The molecule has 4 rings (SSSR count). The van der Waals surface area contributed by atoms with Crippen LogP contribution in [0.3, 0.4) is 0 Å². The maximum atomic E-state index is 13.0. The number of rotatable bonds is 4. The Hall–Kier alpha value is -2.63. The van der Waals surface area contributed by atoms with Crippen molar-refractivity contribution in [2.45, 2.75) is 44.2 Å². The molecule has 1 atom stereocenters. The highest BCUT2D eigenvalue weighted by Crippen LogP contribution is 2.46. The monoisotopic (exact) mass is 353 g/mol. The van der Waals surface area contributed by atoms with Crippen molar-refractivity contribution in [1.29, 1.82) is 0 Å². The van der Waals surface area contributed by atoms with Gasteiger partial charge in [-0.05, 0) is 49.4 Å². The van der Waals surface area contributed by atoms with E-state index in [1.807, 2.05) is 36.5 Å². The third-order valence-electron chi connectivity index (χ3n) is 5.55. The van der Waals surface area contributed by atoms with E-state index in [0.29, 0.717) is 6.54 Å². The van der Waals surface area contributed by atoms with Gasteiger partial charge in [-0.1, -0.05) is 12.1 Å². The van der Waals surface area contributed by atoms with Crippen LogP contribution in [0, 0.1) is 5.92 Å². The molecule has 1 aliphatic carbocycles. The van der Waals surface area contributed by atoms with Crippen LogP contribution in [-0.4, -0.2) is 39.2 Å². The fourth-order valence-corrected chi connectivity index (χ4v) is 4.27. The molecule has 1 aromatic carbocycles. The number of aromatic nitrogens is 2. The van der Waals surface area contributed by atoms with Crippen molar-refractivity contribution < 1.29 is 14.3 Å². The number of carbonyl (C=O) groups is 2. The Kier molecular flexibility index (Phi) is 4.26. The lowest BCUT2D eigenvalue weighted by Gasteiger charge is -2.31. The van der Waals surface area contributed by atoms with Crippen molar-refractivity contribution in [3.05, 3.63) is 48.3 Å². The SMILES string of the molecule is CN(Cc1cccc(-n2cccn2)c1)C(=O)[C@H]1CC(=O)OC12CCCC2. The Morgan fingerprint density at radius 3 is 2.88 bits per heavy atom. The molecule has 1 saturated carbocycles. The van der Waals surface area contributed by atoms with Crippen LogP contribution in [0.15, 0.2) is 42.7 Å². The van der Waals surface area contributed by atoms with E-state index < -0.39 is 5.60 Å². The van der Waals surface area contributed by atoms with Gasteiger partial charge >= 0.3 is 5.97 Å². The average molecular weight is 353 g/mol. The molecule has 0 N–H and O–H groups in total. The lowest BCUT2D eigenvalue weighted by Crippen LogP contribution is -2.43. The van der Waals surface area contributed by atoms with Crippen molar-refractivity contribution in [1.82, 2.24) is 14.7 Å². The van der Waals surface area contributed by atoms with E-state index in [1.165, 1.54) is 0 Å². The summed E-state index contributed by atoms with van der Waals surface area (Å²) in [5.41, 5.74) is 1.43. The molecule has 1 saturated heterocycles. The minimum Gasteiger partial charge on any atom is -0.458 e. The van der Waals surface area contributed by atoms with Gasteiger partial charge in [0.15, 0.2) is 0 Å². The first kappa shape index (κ1) is 16.8. The molecule has 1 spiro atoms. The summed E-state index contributed by atoms with van der Waals surface area (Å²) < 4.78 is 7.41. The van der Waals surface area contributed by atoms with Crippen molar-refractivity contribution in [3.63, 3.8) is 0 Å². The molecule has 1 aromatic heterocycles. The van der Waals surface area contributed by atoms with Gasteiger partial charge in [-0.15, -0.1) is 0 Å². The maximum absolute atomic E-state index is 13.0. The lowest BCUT2D eigenvalue weighted by molar-refractivity contribution is -0.151. The molecule has 2 heterocycles. The highest BCUT2D eigenvalue weighted by molar-refractivity contribution is 5.87. The minimum atomic E-state index is -0.556. The highest BCUT2D eigenvalue weighted by Gasteiger charge is 2.54. The van der Waals surface area contributed by atoms with Crippen LogP contribution in [0.1, 0.15) is 37.7 Å². The zero-order valence-corrected chi connectivity index (χ0v) is 14.9. The van der Waals surface area contributed by atoms with Crippen molar-refractivity contribution in [2.24, 2.45) is 5.92 Å². The number of nitrogens with zero attached hydrogens (tertiary/aromatic N) is 3. The Balaban J connectivity index is 1.49.